The van der Waals surface area contributed by atoms with Gasteiger partial charge in [-0.1, -0.05) is 12.8 Å². The first-order valence-electron chi connectivity index (χ1n) is 6.20. The van der Waals surface area contributed by atoms with Crippen LogP contribution in [0.2, 0.25) is 0 Å². The van der Waals surface area contributed by atoms with Crippen LogP contribution in [0.25, 0.3) is 10.2 Å². The summed E-state index contributed by atoms with van der Waals surface area (Å²) in [6.45, 7) is 1.04. The van der Waals surface area contributed by atoms with E-state index in [9.17, 15) is 0 Å². The predicted octanol–water partition coefficient (Wildman–Crippen LogP) is 3.48. The number of aromatic nitrogens is 1. The zero-order chi connectivity index (χ0) is 11.7. The highest BCUT2D eigenvalue weighted by Gasteiger charge is 2.15. The van der Waals surface area contributed by atoms with Crippen LogP contribution in [-0.2, 0) is 0 Å². The molecule has 3 rings (SSSR count). The fraction of sp³-hybridized carbons (Fsp3) is 0.462. The largest absolute Gasteiger partial charge is 0.395 e. The molecule has 1 aromatic carbocycles. The van der Waals surface area contributed by atoms with Crippen LogP contribution in [0.4, 0.5) is 11.4 Å². The average molecular weight is 247 g/mol. The molecule has 4 heteroatoms. The lowest BCUT2D eigenvalue weighted by atomic mass is 10.1. The maximum atomic E-state index is 6.13. The zero-order valence-corrected chi connectivity index (χ0v) is 10.6. The van der Waals surface area contributed by atoms with E-state index in [1.807, 2.05) is 5.51 Å². The number of hydrogen-bond acceptors (Lipinski definition) is 4. The number of anilines is 2. The van der Waals surface area contributed by atoms with E-state index in [1.54, 1.807) is 11.3 Å². The number of rotatable bonds is 3. The zero-order valence-electron chi connectivity index (χ0n) is 9.78. The van der Waals surface area contributed by atoms with Gasteiger partial charge in [-0.15, -0.1) is 11.3 Å². The summed E-state index contributed by atoms with van der Waals surface area (Å²) in [4.78, 5) is 4.31. The van der Waals surface area contributed by atoms with Gasteiger partial charge < -0.3 is 11.1 Å². The molecule has 17 heavy (non-hydrogen) atoms. The van der Waals surface area contributed by atoms with Crippen LogP contribution in [0.1, 0.15) is 25.7 Å². The third-order valence-electron chi connectivity index (χ3n) is 3.60. The molecule has 0 amide bonds. The Hall–Kier alpha value is -1.29. The summed E-state index contributed by atoms with van der Waals surface area (Å²) >= 11 is 1.63. The van der Waals surface area contributed by atoms with Crippen molar-refractivity contribution < 1.29 is 0 Å². The first-order chi connectivity index (χ1) is 8.34. The molecule has 1 aromatic heterocycles. The summed E-state index contributed by atoms with van der Waals surface area (Å²) in [5.41, 5.74) is 10.7. The minimum atomic E-state index is 0.793. The molecule has 0 unspecified atom stereocenters. The summed E-state index contributed by atoms with van der Waals surface area (Å²) in [6, 6.07) is 4.17. The summed E-state index contributed by atoms with van der Waals surface area (Å²) in [5.74, 6) is 0.820. The van der Waals surface area contributed by atoms with Crippen LogP contribution in [0.3, 0.4) is 0 Å². The standard InChI is InChI=1S/C13H17N3S/c14-12-10(15-7-9-3-1-2-4-9)5-6-11-13(12)16-8-17-11/h5-6,8-9,15H,1-4,7,14H2. The highest BCUT2D eigenvalue weighted by Crippen LogP contribution is 2.31. The van der Waals surface area contributed by atoms with E-state index in [4.69, 9.17) is 5.73 Å². The molecule has 0 saturated heterocycles. The summed E-state index contributed by atoms with van der Waals surface area (Å²) in [7, 11) is 0. The molecule has 0 radical (unpaired) electrons. The molecule has 0 atom stereocenters. The van der Waals surface area contributed by atoms with Gasteiger partial charge in [0.15, 0.2) is 0 Å². The Kier molecular flexibility index (Phi) is 2.89. The number of nitrogens with two attached hydrogens (primary N) is 1. The molecule has 0 bridgehead atoms. The van der Waals surface area contributed by atoms with Gasteiger partial charge in [0.25, 0.3) is 0 Å². The van der Waals surface area contributed by atoms with Crippen molar-refractivity contribution in [2.45, 2.75) is 25.7 Å². The number of fused-ring (bicyclic) bond motifs is 1. The summed E-state index contributed by atoms with van der Waals surface area (Å²) in [5, 5.41) is 3.48. The average Bonchev–Trinajstić information content (AvgIpc) is 2.99. The molecule has 1 heterocycles. The van der Waals surface area contributed by atoms with Crippen molar-refractivity contribution >= 4 is 32.9 Å². The topological polar surface area (TPSA) is 50.9 Å². The Labute approximate surface area is 105 Å². The molecule has 1 aliphatic carbocycles. The van der Waals surface area contributed by atoms with E-state index >= 15 is 0 Å². The fourth-order valence-corrected chi connectivity index (χ4v) is 3.27. The van der Waals surface area contributed by atoms with E-state index in [-0.39, 0.29) is 0 Å². The molecule has 3 N–H and O–H groups in total. The van der Waals surface area contributed by atoms with Crippen LogP contribution >= 0.6 is 11.3 Å². The van der Waals surface area contributed by atoms with Crippen LogP contribution < -0.4 is 11.1 Å². The Bertz CT molecular complexity index is 514. The lowest BCUT2D eigenvalue weighted by Crippen LogP contribution is -2.12. The smallest absolute Gasteiger partial charge is 0.106 e. The first-order valence-corrected chi connectivity index (χ1v) is 7.08. The van der Waals surface area contributed by atoms with Crippen molar-refractivity contribution in [3.63, 3.8) is 0 Å². The van der Waals surface area contributed by atoms with Gasteiger partial charge in [0.2, 0.25) is 0 Å². The van der Waals surface area contributed by atoms with Gasteiger partial charge in [0.05, 0.1) is 21.6 Å². The Balaban J connectivity index is 1.77. The second-order valence-electron chi connectivity index (χ2n) is 4.76. The quantitative estimate of drug-likeness (QED) is 0.816. The van der Waals surface area contributed by atoms with E-state index in [0.29, 0.717) is 0 Å². The van der Waals surface area contributed by atoms with E-state index in [2.05, 4.69) is 22.4 Å². The number of benzene rings is 1. The number of nitrogens with zero attached hydrogens (tertiary/aromatic N) is 1. The second kappa shape index (κ2) is 4.53. The molecular weight excluding hydrogens is 230 g/mol. The Morgan fingerprint density at radius 3 is 3.00 bits per heavy atom. The Morgan fingerprint density at radius 2 is 2.18 bits per heavy atom. The molecule has 0 spiro atoms. The van der Waals surface area contributed by atoms with E-state index in [0.717, 1.165) is 34.1 Å². The van der Waals surface area contributed by atoms with Crippen molar-refractivity contribution in [3.05, 3.63) is 17.6 Å². The third kappa shape index (κ3) is 2.09. The highest BCUT2D eigenvalue weighted by atomic mass is 32.1. The van der Waals surface area contributed by atoms with Gasteiger partial charge in [-0.3, -0.25) is 0 Å². The van der Waals surface area contributed by atoms with E-state index in [1.165, 1.54) is 25.7 Å². The van der Waals surface area contributed by atoms with Gasteiger partial charge in [-0.2, -0.15) is 0 Å². The molecule has 0 aliphatic heterocycles. The SMILES string of the molecule is Nc1c(NCC2CCCC2)ccc2scnc12. The first kappa shape index (κ1) is 10.8. The molecular formula is C13H17N3S. The second-order valence-corrected chi connectivity index (χ2v) is 5.64. The van der Waals surface area contributed by atoms with E-state index < -0.39 is 0 Å². The molecule has 1 saturated carbocycles. The molecule has 1 aliphatic rings. The fourth-order valence-electron chi connectivity index (χ4n) is 2.58. The van der Waals surface area contributed by atoms with Gasteiger partial charge in [-0.25, -0.2) is 4.98 Å². The monoisotopic (exact) mass is 247 g/mol. The predicted molar refractivity (Wildman–Crippen MR) is 74.5 cm³/mol. The minimum absolute atomic E-state index is 0.793. The van der Waals surface area contributed by atoms with Crippen LogP contribution in [0, 0.1) is 5.92 Å². The normalized spacial score (nSPS) is 16.7. The molecule has 2 aromatic rings. The molecule has 1 fully saturated rings. The Morgan fingerprint density at radius 1 is 1.35 bits per heavy atom. The lowest BCUT2D eigenvalue weighted by molar-refractivity contribution is 0.580. The minimum Gasteiger partial charge on any atom is -0.395 e. The van der Waals surface area contributed by atoms with Crippen LogP contribution in [0.15, 0.2) is 17.6 Å². The molecule has 3 nitrogen and oxygen atoms in total. The summed E-state index contributed by atoms with van der Waals surface area (Å²) in [6.07, 6.45) is 5.47. The third-order valence-corrected chi connectivity index (χ3v) is 4.39. The van der Waals surface area contributed by atoms with Crippen molar-refractivity contribution in [2.24, 2.45) is 5.92 Å². The van der Waals surface area contributed by atoms with Gasteiger partial charge >= 0.3 is 0 Å². The van der Waals surface area contributed by atoms with Crippen molar-refractivity contribution in [1.82, 2.24) is 4.98 Å². The van der Waals surface area contributed by atoms with Crippen molar-refractivity contribution in [1.29, 1.82) is 0 Å². The highest BCUT2D eigenvalue weighted by molar-refractivity contribution is 7.16. The molecule has 90 valence electrons. The van der Waals surface area contributed by atoms with Crippen LogP contribution in [0.5, 0.6) is 0 Å². The van der Waals surface area contributed by atoms with Gasteiger partial charge in [0.1, 0.15) is 5.52 Å². The number of hydrogen-bond donors (Lipinski definition) is 2. The maximum Gasteiger partial charge on any atom is 0.106 e. The lowest BCUT2D eigenvalue weighted by Gasteiger charge is -2.13. The number of thiazole rings is 1. The van der Waals surface area contributed by atoms with Crippen molar-refractivity contribution in [3.8, 4) is 0 Å². The summed E-state index contributed by atoms with van der Waals surface area (Å²) < 4.78 is 1.16. The van der Waals surface area contributed by atoms with Gasteiger partial charge in [-0.05, 0) is 30.9 Å². The maximum absolute atomic E-state index is 6.13. The number of nitrogens with one attached hydrogen (secondary N) is 1. The van der Waals surface area contributed by atoms with Crippen LogP contribution in [-0.4, -0.2) is 11.5 Å². The van der Waals surface area contributed by atoms with Crippen molar-refractivity contribution in [2.75, 3.05) is 17.6 Å². The number of nitrogen functional groups attached to an aromatic ring is 1. The van der Waals surface area contributed by atoms with Gasteiger partial charge in [0, 0.05) is 6.54 Å².